The van der Waals surface area contributed by atoms with E-state index in [1.165, 1.54) is 17.7 Å². The van der Waals surface area contributed by atoms with E-state index < -0.39 is 0 Å². The Bertz CT molecular complexity index is 787. The highest BCUT2D eigenvalue weighted by atomic mass is 32.1. The van der Waals surface area contributed by atoms with Gasteiger partial charge in [0.25, 0.3) is 0 Å². The summed E-state index contributed by atoms with van der Waals surface area (Å²) >= 11 is 1.58. The highest BCUT2D eigenvalue weighted by Crippen LogP contribution is 2.37. The molecule has 0 saturated carbocycles. The molecule has 0 spiro atoms. The second-order valence-corrected chi connectivity index (χ2v) is 7.38. The number of hydrogen-bond donors (Lipinski definition) is 1. The fourth-order valence-electron chi connectivity index (χ4n) is 3.19. The highest BCUT2D eigenvalue weighted by Gasteiger charge is 2.20. The van der Waals surface area contributed by atoms with Crippen molar-refractivity contribution in [3.63, 3.8) is 0 Å². The lowest BCUT2D eigenvalue weighted by atomic mass is 10.1. The van der Waals surface area contributed by atoms with Gasteiger partial charge in [-0.2, -0.15) is 5.26 Å². The van der Waals surface area contributed by atoms with Gasteiger partial charge >= 0.3 is 0 Å². The predicted molar refractivity (Wildman–Crippen MR) is 100 cm³/mol. The molecule has 4 nitrogen and oxygen atoms in total. The van der Waals surface area contributed by atoms with Crippen molar-refractivity contribution in [2.75, 3.05) is 12.4 Å². The molecule has 0 fully saturated rings. The molecule has 130 valence electrons. The quantitative estimate of drug-likeness (QED) is 0.806. The van der Waals surface area contributed by atoms with Crippen molar-refractivity contribution in [2.45, 2.75) is 44.9 Å². The molecule has 0 atom stereocenters. The fourth-order valence-corrected chi connectivity index (χ4v) is 4.44. The molecule has 1 amide bonds. The number of benzene rings is 1. The first-order chi connectivity index (χ1) is 12.2. The Morgan fingerprint density at radius 3 is 2.72 bits per heavy atom. The summed E-state index contributed by atoms with van der Waals surface area (Å²) in [6, 6.07) is 10.1. The minimum Gasteiger partial charge on any atom is -0.497 e. The third-order valence-corrected chi connectivity index (χ3v) is 5.79. The summed E-state index contributed by atoms with van der Waals surface area (Å²) in [6.45, 7) is 0. The summed E-state index contributed by atoms with van der Waals surface area (Å²) in [4.78, 5) is 13.6. The van der Waals surface area contributed by atoms with Crippen LogP contribution in [0.4, 0.5) is 5.00 Å². The molecule has 0 bridgehead atoms. The molecular formula is C20H22N2O2S. The number of thiophene rings is 1. The van der Waals surface area contributed by atoms with E-state index in [0.29, 0.717) is 18.4 Å². The molecule has 1 aliphatic rings. The number of nitriles is 1. The van der Waals surface area contributed by atoms with Gasteiger partial charge in [0.1, 0.15) is 16.8 Å². The summed E-state index contributed by atoms with van der Waals surface area (Å²) in [5.74, 6) is 0.774. The number of rotatable bonds is 5. The zero-order valence-electron chi connectivity index (χ0n) is 14.4. The first-order valence-electron chi connectivity index (χ1n) is 8.68. The van der Waals surface area contributed by atoms with Gasteiger partial charge < -0.3 is 10.1 Å². The van der Waals surface area contributed by atoms with Gasteiger partial charge in [0.15, 0.2) is 0 Å². The maximum Gasteiger partial charge on any atom is 0.225 e. The number of fused-ring (bicyclic) bond motifs is 1. The molecule has 0 radical (unpaired) electrons. The molecular weight excluding hydrogens is 332 g/mol. The fraction of sp³-hybridized carbons (Fsp3) is 0.400. The van der Waals surface area contributed by atoms with E-state index in [0.717, 1.165) is 41.1 Å². The number of aryl methyl sites for hydroxylation is 2. The maximum atomic E-state index is 12.3. The van der Waals surface area contributed by atoms with Crippen molar-refractivity contribution >= 4 is 22.2 Å². The van der Waals surface area contributed by atoms with Crippen molar-refractivity contribution in [2.24, 2.45) is 0 Å². The minimum absolute atomic E-state index is 0.0382. The average Bonchev–Trinajstić information content (AvgIpc) is 2.79. The number of ether oxygens (including phenoxy) is 1. The number of amides is 1. The molecule has 0 aliphatic heterocycles. The van der Waals surface area contributed by atoms with Crippen LogP contribution in [0.15, 0.2) is 24.3 Å². The van der Waals surface area contributed by atoms with Crippen LogP contribution in [0.25, 0.3) is 0 Å². The number of hydrogen-bond acceptors (Lipinski definition) is 4. The van der Waals surface area contributed by atoms with Gasteiger partial charge in [0.05, 0.1) is 12.7 Å². The molecule has 1 aromatic carbocycles. The van der Waals surface area contributed by atoms with Crippen LogP contribution < -0.4 is 10.1 Å². The first kappa shape index (κ1) is 17.5. The zero-order chi connectivity index (χ0) is 17.6. The summed E-state index contributed by atoms with van der Waals surface area (Å²) in [5, 5.41) is 13.2. The van der Waals surface area contributed by atoms with Crippen LogP contribution in [-0.2, 0) is 24.1 Å². The van der Waals surface area contributed by atoms with Gasteiger partial charge in [-0.05, 0) is 55.4 Å². The lowest BCUT2D eigenvalue weighted by Crippen LogP contribution is -2.12. The molecule has 0 unspecified atom stereocenters. The molecule has 1 aliphatic carbocycles. The second-order valence-electron chi connectivity index (χ2n) is 6.28. The van der Waals surface area contributed by atoms with E-state index in [4.69, 9.17) is 4.74 Å². The Hall–Kier alpha value is -2.32. The molecule has 0 saturated heterocycles. The van der Waals surface area contributed by atoms with Crippen LogP contribution in [0, 0.1) is 11.3 Å². The summed E-state index contributed by atoms with van der Waals surface area (Å²) in [6.07, 6.45) is 6.57. The predicted octanol–water partition coefficient (Wildman–Crippen LogP) is 4.47. The number of methoxy groups -OCH3 is 1. The Kier molecular flexibility index (Phi) is 5.72. The van der Waals surface area contributed by atoms with E-state index in [1.807, 2.05) is 24.3 Å². The van der Waals surface area contributed by atoms with Gasteiger partial charge in [-0.1, -0.05) is 18.6 Å². The normalized spacial score (nSPS) is 13.4. The van der Waals surface area contributed by atoms with Crippen molar-refractivity contribution in [1.29, 1.82) is 5.26 Å². The number of anilines is 1. The van der Waals surface area contributed by atoms with E-state index in [9.17, 15) is 10.1 Å². The van der Waals surface area contributed by atoms with Gasteiger partial charge in [-0.3, -0.25) is 4.79 Å². The highest BCUT2D eigenvalue weighted by molar-refractivity contribution is 7.16. The Balaban J connectivity index is 1.63. The number of nitrogens with zero attached hydrogens (tertiary/aromatic N) is 1. The molecule has 5 heteroatoms. The number of carbonyl (C=O) groups excluding carboxylic acids is 1. The summed E-state index contributed by atoms with van der Waals surface area (Å²) in [7, 11) is 1.64. The van der Waals surface area contributed by atoms with E-state index in [1.54, 1.807) is 18.4 Å². The van der Waals surface area contributed by atoms with E-state index in [2.05, 4.69) is 11.4 Å². The summed E-state index contributed by atoms with van der Waals surface area (Å²) in [5.41, 5.74) is 2.94. The third-order valence-electron chi connectivity index (χ3n) is 4.59. The number of nitrogens with one attached hydrogen (secondary N) is 1. The van der Waals surface area contributed by atoms with Crippen molar-refractivity contribution in [1.82, 2.24) is 0 Å². The topological polar surface area (TPSA) is 62.1 Å². The maximum absolute atomic E-state index is 12.3. The molecule has 3 rings (SSSR count). The SMILES string of the molecule is COc1ccc(CCC(=O)Nc2sc3c(c2C#N)CCCCC3)cc1. The van der Waals surface area contributed by atoms with Gasteiger partial charge in [0.2, 0.25) is 5.91 Å². The van der Waals surface area contributed by atoms with Gasteiger partial charge in [-0.25, -0.2) is 0 Å². The van der Waals surface area contributed by atoms with Gasteiger partial charge in [0, 0.05) is 11.3 Å². The van der Waals surface area contributed by atoms with Crippen molar-refractivity contribution in [3.05, 3.63) is 45.8 Å². The molecule has 1 N–H and O–H groups in total. The zero-order valence-corrected chi connectivity index (χ0v) is 15.2. The van der Waals surface area contributed by atoms with Crippen LogP contribution in [-0.4, -0.2) is 13.0 Å². The van der Waals surface area contributed by atoms with Crippen LogP contribution in [0.3, 0.4) is 0 Å². The Morgan fingerprint density at radius 2 is 2.00 bits per heavy atom. The van der Waals surface area contributed by atoms with Crippen LogP contribution in [0.1, 0.15) is 47.3 Å². The van der Waals surface area contributed by atoms with E-state index in [-0.39, 0.29) is 5.91 Å². The standard InChI is InChI=1S/C20H22N2O2S/c1-24-15-10-7-14(8-11-15)9-12-19(23)22-20-17(13-21)16-5-3-2-4-6-18(16)25-20/h7-8,10-11H,2-6,9,12H2,1H3,(H,22,23). The first-order valence-corrected chi connectivity index (χ1v) is 9.50. The third kappa shape index (κ3) is 4.21. The van der Waals surface area contributed by atoms with Crippen LogP contribution >= 0.6 is 11.3 Å². The van der Waals surface area contributed by atoms with Crippen molar-refractivity contribution < 1.29 is 9.53 Å². The molecule has 1 aromatic heterocycles. The average molecular weight is 354 g/mol. The molecule has 1 heterocycles. The monoisotopic (exact) mass is 354 g/mol. The smallest absolute Gasteiger partial charge is 0.225 e. The van der Waals surface area contributed by atoms with Gasteiger partial charge in [-0.15, -0.1) is 11.3 Å². The largest absolute Gasteiger partial charge is 0.497 e. The molecule has 2 aromatic rings. The lowest BCUT2D eigenvalue weighted by Gasteiger charge is -2.05. The Labute approximate surface area is 152 Å². The van der Waals surface area contributed by atoms with Crippen LogP contribution in [0.5, 0.6) is 5.75 Å². The summed E-state index contributed by atoms with van der Waals surface area (Å²) < 4.78 is 5.14. The van der Waals surface area contributed by atoms with Crippen molar-refractivity contribution in [3.8, 4) is 11.8 Å². The Morgan fingerprint density at radius 1 is 1.24 bits per heavy atom. The van der Waals surface area contributed by atoms with Crippen LogP contribution in [0.2, 0.25) is 0 Å². The molecule has 25 heavy (non-hydrogen) atoms. The second kappa shape index (κ2) is 8.17. The number of carbonyl (C=O) groups is 1. The van der Waals surface area contributed by atoms with E-state index >= 15 is 0 Å². The lowest BCUT2D eigenvalue weighted by molar-refractivity contribution is -0.116. The minimum atomic E-state index is -0.0382.